The summed E-state index contributed by atoms with van der Waals surface area (Å²) < 4.78 is 0. The van der Waals surface area contributed by atoms with E-state index in [1.807, 2.05) is 4.90 Å². The molecule has 1 aromatic rings. The first kappa shape index (κ1) is 25.9. The number of halogens is 1. The number of nitrogens with zero attached hydrogens (tertiary/aromatic N) is 4. The van der Waals surface area contributed by atoms with Crippen molar-refractivity contribution in [1.29, 1.82) is 0 Å². The van der Waals surface area contributed by atoms with Gasteiger partial charge in [-0.05, 0) is 25.3 Å². The van der Waals surface area contributed by atoms with Gasteiger partial charge in [0, 0.05) is 71.9 Å². The summed E-state index contributed by atoms with van der Waals surface area (Å²) in [5.41, 5.74) is 1.39. The molecule has 174 valence electrons. The number of benzene rings is 1. The number of likely N-dealkylation sites (tertiary alicyclic amines) is 1. The maximum Gasteiger partial charge on any atom is 0.219 e. The van der Waals surface area contributed by atoms with Crippen LogP contribution in [0.4, 0.5) is 0 Å². The molecule has 0 bridgehead atoms. The van der Waals surface area contributed by atoms with Gasteiger partial charge in [0.05, 0.1) is 6.54 Å². The first-order valence-electron chi connectivity index (χ1n) is 11.4. The van der Waals surface area contributed by atoms with Crippen molar-refractivity contribution in [3.8, 4) is 0 Å². The van der Waals surface area contributed by atoms with Crippen LogP contribution in [0, 0.1) is 0 Å². The third-order valence-electron chi connectivity index (χ3n) is 6.03. The first-order valence-corrected chi connectivity index (χ1v) is 11.4. The summed E-state index contributed by atoms with van der Waals surface area (Å²) in [6.07, 6.45) is 2.29. The van der Waals surface area contributed by atoms with Crippen LogP contribution in [0.25, 0.3) is 0 Å². The summed E-state index contributed by atoms with van der Waals surface area (Å²) in [6, 6.07) is 11.2. The van der Waals surface area contributed by atoms with Gasteiger partial charge in [-0.1, -0.05) is 30.3 Å². The molecule has 2 saturated heterocycles. The Morgan fingerprint density at radius 1 is 1.03 bits per heavy atom. The molecule has 8 heteroatoms. The Bertz CT molecular complexity index is 670. The van der Waals surface area contributed by atoms with Crippen molar-refractivity contribution in [3.05, 3.63) is 35.9 Å². The minimum atomic E-state index is 0. The van der Waals surface area contributed by atoms with Gasteiger partial charge in [-0.2, -0.15) is 0 Å². The van der Waals surface area contributed by atoms with Crippen molar-refractivity contribution >= 4 is 35.8 Å². The summed E-state index contributed by atoms with van der Waals surface area (Å²) >= 11 is 0. The van der Waals surface area contributed by atoms with Crippen molar-refractivity contribution < 1.29 is 4.79 Å². The number of guanidine groups is 1. The number of rotatable bonds is 7. The largest absolute Gasteiger partial charge is 0.357 e. The van der Waals surface area contributed by atoms with Gasteiger partial charge in [-0.3, -0.25) is 19.6 Å². The fourth-order valence-corrected chi connectivity index (χ4v) is 4.18. The third kappa shape index (κ3) is 8.94. The van der Waals surface area contributed by atoms with E-state index < -0.39 is 0 Å². The fraction of sp³-hybridized carbons (Fsp3) is 0.652. The van der Waals surface area contributed by atoms with Crippen molar-refractivity contribution in [3.63, 3.8) is 0 Å². The van der Waals surface area contributed by atoms with Crippen LogP contribution in [0.3, 0.4) is 0 Å². The maximum atomic E-state index is 11.4. The highest BCUT2D eigenvalue weighted by molar-refractivity contribution is 14.0. The quantitative estimate of drug-likeness (QED) is 0.314. The number of carbonyl (C=O) groups is 1. The van der Waals surface area contributed by atoms with Crippen molar-refractivity contribution in [2.24, 2.45) is 4.99 Å². The summed E-state index contributed by atoms with van der Waals surface area (Å²) in [5.74, 6) is 1.11. The van der Waals surface area contributed by atoms with Crippen LogP contribution in [-0.4, -0.2) is 91.5 Å². The lowest BCUT2D eigenvalue weighted by molar-refractivity contribution is -0.130. The average molecular weight is 543 g/mol. The summed E-state index contributed by atoms with van der Waals surface area (Å²) in [7, 11) is 0. The zero-order valence-electron chi connectivity index (χ0n) is 19.1. The molecule has 0 aliphatic carbocycles. The topological polar surface area (TPSA) is 63.2 Å². The SMILES string of the molecule is CCNC(=NCCN1CCN(C(C)=O)CC1)NC1CCN(Cc2ccccc2)CC1.I. The van der Waals surface area contributed by atoms with Crippen LogP contribution in [0.15, 0.2) is 35.3 Å². The van der Waals surface area contributed by atoms with Gasteiger partial charge in [0.1, 0.15) is 0 Å². The van der Waals surface area contributed by atoms with Gasteiger partial charge in [-0.25, -0.2) is 0 Å². The lowest BCUT2D eigenvalue weighted by Crippen LogP contribution is -2.49. The number of amides is 1. The number of hydrogen-bond acceptors (Lipinski definition) is 4. The van der Waals surface area contributed by atoms with E-state index in [2.05, 4.69) is 57.7 Å². The molecule has 0 spiro atoms. The number of aliphatic imine (C=N–C) groups is 1. The van der Waals surface area contributed by atoms with Gasteiger partial charge < -0.3 is 15.5 Å². The van der Waals surface area contributed by atoms with Crippen LogP contribution >= 0.6 is 24.0 Å². The Balaban J connectivity index is 0.00000341. The monoisotopic (exact) mass is 542 g/mol. The second-order valence-corrected chi connectivity index (χ2v) is 8.29. The van der Waals surface area contributed by atoms with Crippen LogP contribution < -0.4 is 10.6 Å². The molecule has 0 saturated carbocycles. The van der Waals surface area contributed by atoms with Crippen LogP contribution in [-0.2, 0) is 11.3 Å². The van der Waals surface area contributed by atoms with Crippen LogP contribution in [0.1, 0.15) is 32.3 Å². The summed E-state index contributed by atoms with van der Waals surface area (Å²) in [6.45, 7) is 13.2. The minimum absolute atomic E-state index is 0. The molecule has 0 unspecified atom stereocenters. The van der Waals surface area contributed by atoms with E-state index in [4.69, 9.17) is 4.99 Å². The number of nitrogens with one attached hydrogen (secondary N) is 2. The highest BCUT2D eigenvalue weighted by Crippen LogP contribution is 2.13. The fourth-order valence-electron chi connectivity index (χ4n) is 4.18. The van der Waals surface area contributed by atoms with Crippen LogP contribution in [0.2, 0.25) is 0 Å². The predicted octanol–water partition coefficient (Wildman–Crippen LogP) is 1.99. The molecule has 1 aromatic carbocycles. The van der Waals surface area contributed by atoms with Gasteiger partial charge in [-0.15, -0.1) is 24.0 Å². The smallest absolute Gasteiger partial charge is 0.219 e. The van der Waals surface area contributed by atoms with E-state index in [0.29, 0.717) is 6.04 Å². The molecule has 0 atom stereocenters. The van der Waals surface area contributed by atoms with Gasteiger partial charge >= 0.3 is 0 Å². The molecular formula is C23H39IN6O. The minimum Gasteiger partial charge on any atom is -0.357 e. The molecule has 1 amide bonds. The Kier molecular flexibility index (Phi) is 11.6. The molecule has 0 aromatic heterocycles. The maximum absolute atomic E-state index is 11.4. The van der Waals surface area contributed by atoms with Crippen LogP contribution in [0.5, 0.6) is 0 Å². The van der Waals surface area contributed by atoms with Crippen molar-refractivity contribution in [1.82, 2.24) is 25.3 Å². The van der Waals surface area contributed by atoms with E-state index in [0.717, 1.165) is 84.2 Å². The molecule has 3 rings (SSSR count). The van der Waals surface area contributed by atoms with Crippen molar-refractivity contribution in [2.75, 3.05) is 58.9 Å². The standard InChI is InChI=1S/C23H38N6O.HI/c1-3-24-23(25-11-14-27-15-17-29(18-16-27)20(2)30)26-22-9-12-28(13-10-22)19-21-7-5-4-6-8-21;/h4-8,22H,3,9-19H2,1-2H3,(H2,24,25,26);1H. The zero-order valence-corrected chi connectivity index (χ0v) is 21.4. The molecule has 7 nitrogen and oxygen atoms in total. The summed E-state index contributed by atoms with van der Waals surface area (Å²) in [5, 5.41) is 7.04. The van der Waals surface area contributed by atoms with Gasteiger partial charge in [0.2, 0.25) is 5.91 Å². The molecule has 2 aliphatic heterocycles. The normalized spacial score (nSPS) is 19.0. The molecule has 0 radical (unpaired) electrons. The van der Waals surface area contributed by atoms with E-state index in [1.165, 1.54) is 5.56 Å². The molecule has 2 aliphatic rings. The highest BCUT2D eigenvalue weighted by Gasteiger charge is 2.20. The van der Waals surface area contributed by atoms with Gasteiger partial charge in [0.15, 0.2) is 5.96 Å². The Morgan fingerprint density at radius 2 is 1.71 bits per heavy atom. The van der Waals surface area contributed by atoms with E-state index in [-0.39, 0.29) is 29.9 Å². The van der Waals surface area contributed by atoms with E-state index in [1.54, 1.807) is 6.92 Å². The summed E-state index contributed by atoms with van der Waals surface area (Å²) in [4.78, 5) is 23.1. The number of hydrogen-bond donors (Lipinski definition) is 2. The first-order chi connectivity index (χ1) is 14.6. The second kappa shape index (κ2) is 13.9. The van der Waals surface area contributed by atoms with E-state index >= 15 is 0 Å². The number of piperidine rings is 1. The molecule has 31 heavy (non-hydrogen) atoms. The second-order valence-electron chi connectivity index (χ2n) is 8.29. The lowest BCUT2D eigenvalue weighted by atomic mass is 10.0. The highest BCUT2D eigenvalue weighted by atomic mass is 127. The molecule has 2 heterocycles. The predicted molar refractivity (Wildman–Crippen MR) is 138 cm³/mol. The third-order valence-corrected chi connectivity index (χ3v) is 6.03. The zero-order chi connectivity index (χ0) is 21.2. The Hall–Kier alpha value is -1.39. The molecule has 2 N–H and O–H groups in total. The van der Waals surface area contributed by atoms with Crippen molar-refractivity contribution in [2.45, 2.75) is 39.3 Å². The number of piperazine rings is 1. The lowest BCUT2D eigenvalue weighted by Gasteiger charge is -2.34. The Morgan fingerprint density at radius 3 is 2.32 bits per heavy atom. The molecular weight excluding hydrogens is 503 g/mol. The Labute approximate surface area is 204 Å². The average Bonchev–Trinajstić information content (AvgIpc) is 2.76. The molecule has 2 fully saturated rings. The van der Waals surface area contributed by atoms with Gasteiger partial charge in [0.25, 0.3) is 0 Å². The van der Waals surface area contributed by atoms with E-state index in [9.17, 15) is 4.79 Å². The number of carbonyl (C=O) groups excluding carboxylic acids is 1.